The molecule has 0 saturated carbocycles. The van der Waals surface area contributed by atoms with Gasteiger partial charge in [-0.05, 0) is 36.1 Å². The van der Waals surface area contributed by atoms with E-state index >= 15 is 0 Å². The van der Waals surface area contributed by atoms with Gasteiger partial charge in [-0.1, -0.05) is 60.3 Å². The molecule has 1 N–H and O–H groups in total. The summed E-state index contributed by atoms with van der Waals surface area (Å²) in [6, 6.07) is 20.3. The lowest BCUT2D eigenvalue weighted by Gasteiger charge is -2.13. The van der Waals surface area contributed by atoms with Crippen LogP contribution in [0, 0.1) is 5.82 Å². The average Bonchev–Trinajstić information content (AvgIpc) is 3.44. The summed E-state index contributed by atoms with van der Waals surface area (Å²) >= 11 is 2.90. The maximum Gasteiger partial charge on any atom is 0.230 e. The van der Waals surface area contributed by atoms with Gasteiger partial charge in [0, 0.05) is 4.88 Å². The number of carbonyl (C=O) groups excluding carboxylic acids is 1. The summed E-state index contributed by atoms with van der Waals surface area (Å²) < 4.78 is 16.3. The number of aromatic nitrogens is 3. The van der Waals surface area contributed by atoms with Crippen molar-refractivity contribution in [1.29, 1.82) is 0 Å². The molecule has 1 atom stereocenters. The minimum absolute atomic E-state index is 0.0516. The Kier molecular flexibility index (Phi) is 6.79. The van der Waals surface area contributed by atoms with E-state index in [1.54, 1.807) is 29.5 Å². The summed E-state index contributed by atoms with van der Waals surface area (Å²) in [5.41, 5.74) is 1.42. The van der Waals surface area contributed by atoms with Crippen LogP contribution in [0.25, 0.3) is 11.4 Å². The van der Waals surface area contributed by atoms with Gasteiger partial charge in [-0.2, -0.15) is 0 Å². The molecule has 0 bridgehead atoms. The molecule has 4 rings (SSSR count). The van der Waals surface area contributed by atoms with Crippen LogP contribution in [0.15, 0.2) is 77.3 Å². The van der Waals surface area contributed by atoms with Crippen LogP contribution in [-0.2, 0) is 11.3 Å². The van der Waals surface area contributed by atoms with Gasteiger partial charge < -0.3 is 5.32 Å². The fourth-order valence-corrected chi connectivity index (χ4v) is 4.65. The molecule has 0 unspecified atom stereocenters. The highest BCUT2D eigenvalue weighted by molar-refractivity contribution is 7.99. The van der Waals surface area contributed by atoms with E-state index in [2.05, 4.69) is 15.5 Å². The third kappa shape index (κ3) is 5.21. The van der Waals surface area contributed by atoms with E-state index in [1.165, 1.54) is 17.8 Å². The molecule has 0 spiro atoms. The van der Waals surface area contributed by atoms with Gasteiger partial charge in [0.05, 0.1) is 23.9 Å². The zero-order valence-corrected chi connectivity index (χ0v) is 18.5. The van der Waals surface area contributed by atoms with E-state index in [9.17, 15) is 9.18 Å². The molecule has 0 aliphatic heterocycles. The zero-order chi connectivity index (χ0) is 21.6. The fourth-order valence-electron chi connectivity index (χ4n) is 3.17. The van der Waals surface area contributed by atoms with Crippen LogP contribution >= 0.6 is 23.1 Å². The molecular formula is C23H21FN4OS2. The maximum absolute atomic E-state index is 14.4. The molecule has 0 fully saturated rings. The molecule has 2 heterocycles. The van der Waals surface area contributed by atoms with E-state index in [-0.39, 0.29) is 23.5 Å². The van der Waals surface area contributed by atoms with Gasteiger partial charge >= 0.3 is 0 Å². The van der Waals surface area contributed by atoms with Crippen molar-refractivity contribution in [2.45, 2.75) is 24.7 Å². The lowest BCUT2D eigenvalue weighted by atomic mass is 10.2. The second-order valence-corrected chi connectivity index (χ2v) is 8.87. The van der Waals surface area contributed by atoms with Crippen LogP contribution in [0.3, 0.4) is 0 Å². The van der Waals surface area contributed by atoms with Crippen LogP contribution in [0.2, 0.25) is 0 Å². The third-order valence-electron chi connectivity index (χ3n) is 4.69. The molecule has 158 valence electrons. The Labute approximate surface area is 188 Å². The van der Waals surface area contributed by atoms with Crippen LogP contribution in [-0.4, -0.2) is 26.4 Å². The predicted octanol–water partition coefficient (Wildman–Crippen LogP) is 5.16. The van der Waals surface area contributed by atoms with Gasteiger partial charge in [-0.15, -0.1) is 21.5 Å². The number of nitrogens with one attached hydrogen (secondary N) is 1. The maximum atomic E-state index is 14.4. The second-order valence-electron chi connectivity index (χ2n) is 6.95. The molecule has 2 aromatic carbocycles. The molecule has 0 radical (unpaired) electrons. The van der Waals surface area contributed by atoms with Crippen LogP contribution in [0.1, 0.15) is 23.4 Å². The number of thiophene rings is 1. The van der Waals surface area contributed by atoms with Crippen LogP contribution in [0.4, 0.5) is 4.39 Å². The Bertz CT molecular complexity index is 1150. The summed E-state index contributed by atoms with van der Waals surface area (Å²) in [7, 11) is 0. The Morgan fingerprint density at radius 2 is 1.87 bits per heavy atom. The smallest absolute Gasteiger partial charge is 0.230 e. The first-order chi connectivity index (χ1) is 15.1. The molecule has 0 aliphatic rings. The van der Waals surface area contributed by atoms with Crippen molar-refractivity contribution >= 4 is 29.0 Å². The van der Waals surface area contributed by atoms with E-state index < -0.39 is 0 Å². The topological polar surface area (TPSA) is 59.8 Å². The van der Waals surface area contributed by atoms with Gasteiger partial charge in [-0.3, -0.25) is 9.36 Å². The lowest BCUT2D eigenvalue weighted by molar-refractivity contribution is -0.119. The van der Waals surface area contributed by atoms with E-state index in [0.717, 1.165) is 10.4 Å². The molecule has 0 saturated heterocycles. The lowest BCUT2D eigenvalue weighted by Crippen LogP contribution is -2.27. The van der Waals surface area contributed by atoms with Gasteiger partial charge in [-0.25, -0.2) is 4.39 Å². The minimum atomic E-state index is -0.358. The van der Waals surface area contributed by atoms with Crippen LogP contribution < -0.4 is 5.32 Å². The number of hydrogen-bond acceptors (Lipinski definition) is 5. The number of carbonyl (C=O) groups is 1. The largest absolute Gasteiger partial charge is 0.348 e. The zero-order valence-electron chi connectivity index (χ0n) is 16.9. The molecule has 1 amide bonds. The van der Waals surface area contributed by atoms with E-state index in [0.29, 0.717) is 23.1 Å². The first-order valence-corrected chi connectivity index (χ1v) is 11.7. The van der Waals surface area contributed by atoms with Gasteiger partial charge in [0.1, 0.15) is 5.82 Å². The summed E-state index contributed by atoms with van der Waals surface area (Å²) in [6.45, 7) is 2.44. The van der Waals surface area contributed by atoms with Crippen molar-refractivity contribution in [3.8, 4) is 11.4 Å². The van der Waals surface area contributed by atoms with Gasteiger partial charge in [0.2, 0.25) is 5.91 Å². The Morgan fingerprint density at radius 1 is 1.10 bits per heavy atom. The summed E-state index contributed by atoms with van der Waals surface area (Å²) in [5.74, 6) is 0.188. The van der Waals surface area contributed by atoms with Crippen LogP contribution in [0.5, 0.6) is 0 Å². The van der Waals surface area contributed by atoms with Crippen molar-refractivity contribution in [1.82, 2.24) is 20.1 Å². The highest BCUT2D eigenvalue weighted by Crippen LogP contribution is 2.27. The van der Waals surface area contributed by atoms with E-state index in [1.807, 2.05) is 59.3 Å². The standard InChI is InChI=1S/C23H21FN4OS2/c1-16(20-12-7-13-30-20)25-21(29)15-31-23-27-26-22(18-10-5-6-11-19(18)24)28(23)14-17-8-3-2-4-9-17/h2-13,16H,14-15H2,1H3,(H,25,29)/t16-/m0/s1. The first-order valence-electron chi connectivity index (χ1n) is 9.79. The number of thioether (sulfide) groups is 1. The Balaban J connectivity index is 1.54. The monoisotopic (exact) mass is 452 g/mol. The number of nitrogens with zero attached hydrogens (tertiary/aromatic N) is 3. The number of benzene rings is 2. The van der Waals surface area contributed by atoms with Crippen molar-refractivity contribution in [3.63, 3.8) is 0 Å². The molecule has 4 aromatic rings. The molecule has 5 nitrogen and oxygen atoms in total. The second kappa shape index (κ2) is 9.89. The minimum Gasteiger partial charge on any atom is -0.348 e. The highest BCUT2D eigenvalue weighted by atomic mass is 32.2. The molecule has 0 aliphatic carbocycles. The summed E-state index contributed by atoms with van der Waals surface area (Å²) in [6.07, 6.45) is 0. The van der Waals surface area contributed by atoms with Crippen molar-refractivity contribution in [3.05, 3.63) is 88.4 Å². The third-order valence-corrected chi connectivity index (χ3v) is 6.72. The fraction of sp³-hybridized carbons (Fsp3) is 0.174. The summed E-state index contributed by atoms with van der Waals surface area (Å²) in [5, 5.41) is 14.1. The van der Waals surface area contributed by atoms with Gasteiger partial charge in [0.25, 0.3) is 0 Å². The van der Waals surface area contributed by atoms with Crippen molar-refractivity contribution in [2.75, 3.05) is 5.75 Å². The highest BCUT2D eigenvalue weighted by Gasteiger charge is 2.19. The quantitative estimate of drug-likeness (QED) is 0.375. The first kappa shape index (κ1) is 21.3. The number of halogens is 1. The number of hydrogen-bond donors (Lipinski definition) is 1. The normalized spacial score (nSPS) is 11.9. The van der Waals surface area contributed by atoms with E-state index in [4.69, 9.17) is 0 Å². The average molecular weight is 453 g/mol. The Morgan fingerprint density at radius 3 is 2.61 bits per heavy atom. The van der Waals surface area contributed by atoms with Gasteiger partial charge in [0.15, 0.2) is 11.0 Å². The molecule has 2 aromatic heterocycles. The van der Waals surface area contributed by atoms with Crippen molar-refractivity contribution < 1.29 is 9.18 Å². The summed E-state index contributed by atoms with van der Waals surface area (Å²) in [4.78, 5) is 13.6. The van der Waals surface area contributed by atoms with Crippen molar-refractivity contribution in [2.24, 2.45) is 0 Å². The Hall–Kier alpha value is -2.97. The predicted molar refractivity (Wildman–Crippen MR) is 123 cm³/mol. The molecule has 31 heavy (non-hydrogen) atoms. The molecule has 8 heteroatoms. The number of rotatable bonds is 8. The SMILES string of the molecule is C[C@H](NC(=O)CSc1nnc(-c2ccccc2F)n1Cc1ccccc1)c1cccs1. The number of amides is 1. The molecular weight excluding hydrogens is 431 g/mol.